The maximum Gasteiger partial charge on any atom is 0.251 e. The molecule has 1 fully saturated rings. The highest BCUT2D eigenvalue weighted by Crippen LogP contribution is 2.20. The number of hydrogen-bond acceptors (Lipinski definition) is 4. The largest absolute Gasteiger partial charge is 0.409 e. The molecule has 17 heavy (non-hydrogen) atoms. The van der Waals surface area contributed by atoms with Crippen LogP contribution in [0.3, 0.4) is 0 Å². The molecule has 6 heteroatoms. The van der Waals surface area contributed by atoms with Crippen LogP contribution in [0.15, 0.2) is 5.16 Å². The van der Waals surface area contributed by atoms with Gasteiger partial charge >= 0.3 is 0 Å². The van der Waals surface area contributed by atoms with Crippen LogP contribution in [0.2, 0.25) is 0 Å². The molecule has 0 spiro atoms. The van der Waals surface area contributed by atoms with Crippen molar-refractivity contribution in [2.45, 2.75) is 38.9 Å². The molecule has 1 aliphatic rings. The van der Waals surface area contributed by atoms with Crippen molar-refractivity contribution in [1.29, 1.82) is 0 Å². The van der Waals surface area contributed by atoms with Gasteiger partial charge in [-0.05, 0) is 19.8 Å². The number of amidine groups is 1. The van der Waals surface area contributed by atoms with Crippen LogP contribution in [0.25, 0.3) is 0 Å². The quantitative estimate of drug-likeness (QED) is 0.324. The Labute approximate surface area is 101 Å². The first-order valence-corrected chi connectivity index (χ1v) is 5.83. The van der Waals surface area contributed by atoms with Crippen molar-refractivity contribution < 1.29 is 14.7 Å². The molecule has 1 aliphatic heterocycles. The van der Waals surface area contributed by atoms with Gasteiger partial charge in [0.2, 0.25) is 0 Å². The number of carbonyl (C=O) groups is 1. The SMILES string of the molecule is CC1CCC(C(=O)N(C)CC(C)C(N)=NO)O1. The van der Waals surface area contributed by atoms with Crippen molar-refractivity contribution in [2.75, 3.05) is 13.6 Å². The lowest BCUT2D eigenvalue weighted by Gasteiger charge is -2.23. The average Bonchev–Trinajstić information content (AvgIpc) is 2.73. The summed E-state index contributed by atoms with van der Waals surface area (Å²) in [5.41, 5.74) is 5.47. The molecule has 0 aromatic carbocycles. The molecule has 1 heterocycles. The van der Waals surface area contributed by atoms with E-state index in [-0.39, 0.29) is 29.9 Å². The molecule has 6 nitrogen and oxygen atoms in total. The van der Waals surface area contributed by atoms with E-state index in [9.17, 15) is 4.79 Å². The van der Waals surface area contributed by atoms with Gasteiger partial charge in [-0.25, -0.2) is 0 Å². The molecule has 0 saturated carbocycles. The molecule has 0 aliphatic carbocycles. The summed E-state index contributed by atoms with van der Waals surface area (Å²) in [6.45, 7) is 4.19. The van der Waals surface area contributed by atoms with Gasteiger partial charge in [-0.3, -0.25) is 4.79 Å². The second-order valence-corrected chi connectivity index (χ2v) is 4.66. The summed E-state index contributed by atoms with van der Waals surface area (Å²) in [5, 5.41) is 11.5. The summed E-state index contributed by atoms with van der Waals surface area (Å²) < 4.78 is 5.51. The number of likely N-dealkylation sites (N-methyl/N-ethyl adjacent to an activating group) is 1. The molecule has 3 atom stereocenters. The van der Waals surface area contributed by atoms with Crippen molar-refractivity contribution in [1.82, 2.24) is 4.90 Å². The number of rotatable bonds is 4. The van der Waals surface area contributed by atoms with Gasteiger partial charge in [0.1, 0.15) is 11.9 Å². The van der Waals surface area contributed by atoms with Gasteiger partial charge in [0.15, 0.2) is 0 Å². The highest BCUT2D eigenvalue weighted by Gasteiger charge is 2.30. The van der Waals surface area contributed by atoms with E-state index in [4.69, 9.17) is 15.7 Å². The van der Waals surface area contributed by atoms with Gasteiger partial charge in [0.25, 0.3) is 5.91 Å². The predicted octanol–water partition coefficient (Wildman–Crippen LogP) is 0.395. The van der Waals surface area contributed by atoms with Gasteiger partial charge in [-0.1, -0.05) is 12.1 Å². The van der Waals surface area contributed by atoms with E-state index in [2.05, 4.69) is 5.16 Å². The monoisotopic (exact) mass is 243 g/mol. The Balaban J connectivity index is 2.47. The maximum absolute atomic E-state index is 12.0. The maximum atomic E-state index is 12.0. The van der Waals surface area contributed by atoms with Crippen molar-refractivity contribution >= 4 is 11.7 Å². The van der Waals surface area contributed by atoms with Crippen LogP contribution in [0, 0.1) is 5.92 Å². The number of nitrogens with two attached hydrogens (primary N) is 1. The Morgan fingerprint density at radius 1 is 1.65 bits per heavy atom. The molecule has 0 aromatic rings. The number of ether oxygens (including phenoxy) is 1. The molecule has 3 N–H and O–H groups in total. The molecule has 0 bridgehead atoms. The van der Waals surface area contributed by atoms with E-state index in [0.717, 1.165) is 12.8 Å². The molecule has 3 unspecified atom stereocenters. The Morgan fingerprint density at radius 2 is 2.29 bits per heavy atom. The summed E-state index contributed by atoms with van der Waals surface area (Å²) in [7, 11) is 1.70. The highest BCUT2D eigenvalue weighted by atomic mass is 16.5. The first kappa shape index (κ1) is 13.8. The number of nitrogens with zero attached hydrogens (tertiary/aromatic N) is 2. The third-order valence-corrected chi connectivity index (χ3v) is 3.05. The lowest BCUT2D eigenvalue weighted by atomic mass is 10.1. The number of carbonyl (C=O) groups excluding carboxylic acids is 1. The normalized spacial score (nSPS) is 26.9. The minimum absolute atomic E-state index is 0.0352. The smallest absolute Gasteiger partial charge is 0.251 e. The third kappa shape index (κ3) is 3.59. The van der Waals surface area contributed by atoms with Gasteiger partial charge in [-0.15, -0.1) is 0 Å². The lowest BCUT2D eigenvalue weighted by molar-refractivity contribution is -0.141. The second kappa shape index (κ2) is 5.86. The molecule has 0 aromatic heterocycles. The summed E-state index contributed by atoms with van der Waals surface area (Å²) in [4.78, 5) is 13.6. The number of oxime groups is 1. The van der Waals surface area contributed by atoms with Crippen molar-refractivity contribution in [3.63, 3.8) is 0 Å². The van der Waals surface area contributed by atoms with E-state index >= 15 is 0 Å². The molecular weight excluding hydrogens is 222 g/mol. The minimum atomic E-state index is -0.338. The topological polar surface area (TPSA) is 88.2 Å². The third-order valence-electron chi connectivity index (χ3n) is 3.05. The fraction of sp³-hybridized carbons (Fsp3) is 0.818. The Kier molecular flexibility index (Phi) is 4.74. The summed E-state index contributed by atoms with van der Waals surface area (Å²) >= 11 is 0. The van der Waals surface area contributed by atoms with Gasteiger partial charge < -0.3 is 20.6 Å². The van der Waals surface area contributed by atoms with Crippen molar-refractivity contribution in [3.05, 3.63) is 0 Å². The van der Waals surface area contributed by atoms with Gasteiger partial charge in [-0.2, -0.15) is 0 Å². The van der Waals surface area contributed by atoms with Crippen LogP contribution in [0.5, 0.6) is 0 Å². The zero-order chi connectivity index (χ0) is 13.0. The zero-order valence-electron chi connectivity index (χ0n) is 10.6. The zero-order valence-corrected chi connectivity index (χ0v) is 10.6. The van der Waals surface area contributed by atoms with Crippen LogP contribution < -0.4 is 5.73 Å². The summed E-state index contributed by atoms with van der Waals surface area (Å²) in [6, 6.07) is 0. The van der Waals surface area contributed by atoms with Crippen LogP contribution in [-0.2, 0) is 9.53 Å². The molecular formula is C11H21N3O3. The fourth-order valence-electron chi connectivity index (χ4n) is 1.92. The number of hydrogen-bond donors (Lipinski definition) is 2. The Morgan fingerprint density at radius 3 is 2.76 bits per heavy atom. The van der Waals surface area contributed by atoms with E-state index in [1.165, 1.54) is 0 Å². The first-order chi connectivity index (χ1) is 7.95. The Bertz CT molecular complexity index is 306. The highest BCUT2D eigenvalue weighted by molar-refractivity contribution is 5.84. The standard InChI is InChI=1S/C11H21N3O3/c1-7(10(12)13-16)6-14(3)11(15)9-5-4-8(2)17-9/h7-9,16H,4-6H2,1-3H3,(H2,12,13). The van der Waals surface area contributed by atoms with E-state index in [1.807, 2.05) is 6.92 Å². The lowest BCUT2D eigenvalue weighted by Crippen LogP contribution is -2.41. The van der Waals surface area contributed by atoms with Gasteiger partial charge in [0.05, 0.1) is 6.10 Å². The van der Waals surface area contributed by atoms with Crippen LogP contribution in [0.4, 0.5) is 0 Å². The molecule has 1 rings (SSSR count). The molecule has 1 saturated heterocycles. The molecule has 1 amide bonds. The van der Waals surface area contributed by atoms with Gasteiger partial charge in [0, 0.05) is 19.5 Å². The van der Waals surface area contributed by atoms with E-state index in [0.29, 0.717) is 6.54 Å². The van der Waals surface area contributed by atoms with Crippen LogP contribution >= 0.6 is 0 Å². The van der Waals surface area contributed by atoms with Crippen molar-refractivity contribution in [3.8, 4) is 0 Å². The molecule has 0 radical (unpaired) electrons. The minimum Gasteiger partial charge on any atom is -0.409 e. The fourth-order valence-corrected chi connectivity index (χ4v) is 1.92. The summed E-state index contributed by atoms with van der Waals surface area (Å²) in [5.74, 6) is -0.0786. The first-order valence-electron chi connectivity index (χ1n) is 5.83. The van der Waals surface area contributed by atoms with E-state index < -0.39 is 0 Å². The predicted molar refractivity (Wildman–Crippen MR) is 63.8 cm³/mol. The second-order valence-electron chi connectivity index (χ2n) is 4.66. The Hall–Kier alpha value is -1.30. The average molecular weight is 243 g/mol. The van der Waals surface area contributed by atoms with Crippen molar-refractivity contribution in [2.24, 2.45) is 16.8 Å². The summed E-state index contributed by atoms with van der Waals surface area (Å²) in [6.07, 6.45) is 1.50. The number of amides is 1. The van der Waals surface area contributed by atoms with Crippen LogP contribution in [0.1, 0.15) is 26.7 Å². The van der Waals surface area contributed by atoms with Crippen LogP contribution in [-0.4, -0.2) is 47.7 Å². The molecule has 98 valence electrons. The van der Waals surface area contributed by atoms with E-state index in [1.54, 1.807) is 18.9 Å².